The van der Waals surface area contributed by atoms with Crippen LogP contribution in [-0.4, -0.2) is 19.1 Å². The average molecular weight is 300 g/mol. The summed E-state index contributed by atoms with van der Waals surface area (Å²) >= 11 is 3.37. The van der Waals surface area contributed by atoms with Crippen LogP contribution < -0.4 is 10.1 Å². The van der Waals surface area contributed by atoms with Gasteiger partial charge < -0.3 is 10.1 Å². The van der Waals surface area contributed by atoms with E-state index in [-0.39, 0.29) is 11.9 Å². The molecule has 1 N–H and O–H groups in total. The van der Waals surface area contributed by atoms with Gasteiger partial charge in [-0.3, -0.25) is 4.79 Å². The lowest BCUT2D eigenvalue weighted by Gasteiger charge is -2.18. The van der Waals surface area contributed by atoms with Crippen LogP contribution in [0.5, 0.6) is 5.75 Å². The van der Waals surface area contributed by atoms with E-state index in [1.54, 1.807) is 13.2 Å². The predicted molar refractivity (Wildman–Crippen MR) is 72.5 cm³/mol. The van der Waals surface area contributed by atoms with Crippen LogP contribution in [-0.2, 0) is 0 Å². The molecule has 0 saturated carbocycles. The maximum Gasteiger partial charge on any atom is 0.252 e. The minimum atomic E-state index is -0.0861. The molecule has 94 valence electrons. The van der Waals surface area contributed by atoms with Gasteiger partial charge in [-0.2, -0.15) is 0 Å². The highest BCUT2D eigenvalue weighted by Gasteiger charge is 2.15. The Balaban J connectivity index is 2.88. The lowest BCUT2D eigenvalue weighted by molar-refractivity contribution is 0.0929. The summed E-state index contributed by atoms with van der Waals surface area (Å²) in [5, 5.41) is 2.96. The maximum atomic E-state index is 12.1. The van der Waals surface area contributed by atoms with Crippen LogP contribution in [0.2, 0.25) is 0 Å². The summed E-state index contributed by atoms with van der Waals surface area (Å²) < 4.78 is 5.88. The number of benzene rings is 1. The Labute approximate surface area is 111 Å². The number of rotatable bonds is 4. The van der Waals surface area contributed by atoms with Crippen LogP contribution in [0.15, 0.2) is 22.7 Å². The van der Waals surface area contributed by atoms with Gasteiger partial charge in [-0.25, -0.2) is 0 Å². The van der Waals surface area contributed by atoms with Crippen LogP contribution in [0.1, 0.15) is 31.1 Å². The van der Waals surface area contributed by atoms with Crippen LogP contribution in [0, 0.1) is 5.92 Å². The van der Waals surface area contributed by atoms with Crippen LogP contribution in [0.4, 0.5) is 0 Å². The topological polar surface area (TPSA) is 38.3 Å². The number of halogens is 1. The molecule has 0 spiro atoms. The first-order chi connectivity index (χ1) is 7.95. The Morgan fingerprint density at radius 3 is 2.53 bits per heavy atom. The third-order valence-corrected chi connectivity index (χ3v) is 3.47. The van der Waals surface area contributed by atoms with E-state index in [1.165, 1.54) is 0 Å². The summed E-state index contributed by atoms with van der Waals surface area (Å²) in [6, 6.07) is 5.49. The number of methoxy groups -OCH3 is 1. The zero-order chi connectivity index (χ0) is 13.0. The molecule has 3 nitrogen and oxygen atoms in total. The monoisotopic (exact) mass is 299 g/mol. The van der Waals surface area contributed by atoms with E-state index < -0.39 is 0 Å². The van der Waals surface area contributed by atoms with Crippen molar-refractivity contribution in [2.45, 2.75) is 26.8 Å². The largest absolute Gasteiger partial charge is 0.497 e. The Kier molecular flexibility index (Phi) is 5.00. The first-order valence-corrected chi connectivity index (χ1v) is 6.39. The van der Waals surface area contributed by atoms with Gasteiger partial charge in [0.15, 0.2) is 0 Å². The molecule has 1 unspecified atom stereocenters. The van der Waals surface area contributed by atoms with Crippen molar-refractivity contribution in [3.05, 3.63) is 28.2 Å². The first-order valence-electron chi connectivity index (χ1n) is 5.60. The Morgan fingerprint density at radius 1 is 1.35 bits per heavy atom. The molecule has 1 amide bonds. The van der Waals surface area contributed by atoms with Gasteiger partial charge >= 0.3 is 0 Å². The van der Waals surface area contributed by atoms with E-state index in [2.05, 4.69) is 35.1 Å². The van der Waals surface area contributed by atoms with Gasteiger partial charge in [0.1, 0.15) is 5.75 Å². The smallest absolute Gasteiger partial charge is 0.252 e. The van der Waals surface area contributed by atoms with Gasteiger partial charge in [-0.15, -0.1) is 0 Å². The van der Waals surface area contributed by atoms with Crippen molar-refractivity contribution < 1.29 is 9.53 Å². The SMILES string of the molecule is COc1ccc(Br)c(C(=O)NC(C)C(C)C)c1. The van der Waals surface area contributed by atoms with Crippen LogP contribution >= 0.6 is 15.9 Å². The van der Waals surface area contributed by atoms with Crippen molar-refractivity contribution in [1.29, 1.82) is 0 Å². The molecule has 0 bridgehead atoms. The third kappa shape index (κ3) is 3.73. The van der Waals surface area contributed by atoms with Gasteiger partial charge in [0.2, 0.25) is 0 Å². The summed E-state index contributed by atoms with van der Waals surface area (Å²) in [6.45, 7) is 6.15. The Bertz CT molecular complexity index is 404. The second-order valence-corrected chi connectivity index (χ2v) is 5.21. The Morgan fingerprint density at radius 2 is 2.00 bits per heavy atom. The van der Waals surface area contributed by atoms with Gasteiger partial charge in [0.25, 0.3) is 5.91 Å². The first kappa shape index (κ1) is 14.0. The highest BCUT2D eigenvalue weighted by molar-refractivity contribution is 9.10. The molecule has 0 aliphatic heterocycles. The molecule has 0 aliphatic carbocycles. The second-order valence-electron chi connectivity index (χ2n) is 4.35. The molecule has 0 aliphatic rings. The molecule has 0 fully saturated rings. The zero-order valence-electron chi connectivity index (χ0n) is 10.6. The van der Waals surface area contributed by atoms with Crippen molar-refractivity contribution >= 4 is 21.8 Å². The lowest BCUT2D eigenvalue weighted by Crippen LogP contribution is -2.36. The number of hydrogen-bond acceptors (Lipinski definition) is 2. The van der Waals surface area contributed by atoms with Crippen LogP contribution in [0.25, 0.3) is 0 Å². The standard InChI is InChI=1S/C13H18BrNO2/c1-8(2)9(3)15-13(16)11-7-10(17-4)5-6-12(11)14/h5-9H,1-4H3,(H,15,16). The normalized spacial score (nSPS) is 12.4. The van der Waals surface area contributed by atoms with Crippen molar-refractivity contribution in [3.63, 3.8) is 0 Å². The Hall–Kier alpha value is -1.03. The van der Waals surface area contributed by atoms with Gasteiger partial charge in [0.05, 0.1) is 12.7 Å². The fraction of sp³-hybridized carbons (Fsp3) is 0.462. The highest BCUT2D eigenvalue weighted by atomic mass is 79.9. The molecule has 0 radical (unpaired) electrons. The molecule has 17 heavy (non-hydrogen) atoms. The van der Waals surface area contributed by atoms with Crippen molar-refractivity contribution in [2.75, 3.05) is 7.11 Å². The molecular formula is C13H18BrNO2. The average Bonchev–Trinajstić information content (AvgIpc) is 2.29. The van der Waals surface area contributed by atoms with Gasteiger partial charge in [-0.05, 0) is 47.0 Å². The fourth-order valence-corrected chi connectivity index (χ4v) is 1.68. The zero-order valence-corrected chi connectivity index (χ0v) is 12.2. The molecule has 1 aromatic rings. The number of carbonyl (C=O) groups excluding carboxylic acids is 1. The molecule has 1 atom stereocenters. The summed E-state index contributed by atoms with van der Waals surface area (Å²) in [7, 11) is 1.58. The minimum Gasteiger partial charge on any atom is -0.497 e. The predicted octanol–water partition coefficient (Wildman–Crippen LogP) is 3.23. The summed E-state index contributed by atoms with van der Waals surface area (Å²) in [5.74, 6) is 0.996. The van der Waals surface area contributed by atoms with E-state index >= 15 is 0 Å². The number of hydrogen-bond donors (Lipinski definition) is 1. The number of nitrogens with one attached hydrogen (secondary N) is 1. The van der Waals surface area contributed by atoms with E-state index in [4.69, 9.17) is 4.74 Å². The molecule has 0 saturated heterocycles. The lowest BCUT2D eigenvalue weighted by atomic mass is 10.1. The van der Waals surface area contributed by atoms with Crippen molar-refractivity contribution in [1.82, 2.24) is 5.32 Å². The number of ether oxygens (including phenoxy) is 1. The highest BCUT2D eigenvalue weighted by Crippen LogP contribution is 2.22. The van der Waals surface area contributed by atoms with Gasteiger partial charge in [0, 0.05) is 10.5 Å². The molecule has 0 heterocycles. The number of amides is 1. The van der Waals surface area contributed by atoms with Crippen LogP contribution in [0.3, 0.4) is 0 Å². The van der Waals surface area contributed by atoms with Gasteiger partial charge in [-0.1, -0.05) is 13.8 Å². The van der Waals surface area contributed by atoms with E-state index in [1.807, 2.05) is 19.1 Å². The summed E-state index contributed by atoms with van der Waals surface area (Å²) in [6.07, 6.45) is 0. The maximum absolute atomic E-state index is 12.1. The van der Waals surface area contributed by atoms with E-state index in [0.717, 1.165) is 4.47 Å². The number of carbonyl (C=O) groups is 1. The molecule has 0 aromatic heterocycles. The molecule has 1 aromatic carbocycles. The second kappa shape index (κ2) is 6.05. The van der Waals surface area contributed by atoms with Crippen molar-refractivity contribution in [2.24, 2.45) is 5.92 Å². The molecule has 1 rings (SSSR count). The van der Waals surface area contributed by atoms with E-state index in [9.17, 15) is 4.79 Å². The summed E-state index contributed by atoms with van der Waals surface area (Å²) in [5.41, 5.74) is 0.594. The third-order valence-electron chi connectivity index (χ3n) is 2.78. The van der Waals surface area contributed by atoms with E-state index in [0.29, 0.717) is 17.2 Å². The fourth-order valence-electron chi connectivity index (χ4n) is 1.26. The minimum absolute atomic E-state index is 0.0861. The van der Waals surface area contributed by atoms with Crippen molar-refractivity contribution in [3.8, 4) is 5.75 Å². The molecular weight excluding hydrogens is 282 g/mol. The summed E-state index contributed by atoms with van der Waals surface area (Å²) in [4.78, 5) is 12.1. The quantitative estimate of drug-likeness (QED) is 0.927. The molecule has 4 heteroatoms.